The average molecular weight is 723 g/mol. The normalized spacial score (nSPS) is 32.8. The Bertz CT molecular complexity index is 871. The van der Waals surface area contributed by atoms with Crippen molar-refractivity contribution in [3.05, 3.63) is 0 Å². The van der Waals surface area contributed by atoms with Crippen molar-refractivity contribution in [3.8, 4) is 0 Å². The van der Waals surface area contributed by atoms with E-state index in [0.717, 1.165) is 61.3 Å². The molecule has 0 radical (unpaired) electrons. The van der Waals surface area contributed by atoms with Gasteiger partial charge in [0, 0.05) is 54.6 Å². The van der Waals surface area contributed by atoms with Gasteiger partial charge in [0.2, 0.25) is 0 Å². The molecule has 6 atom stereocenters. The van der Waals surface area contributed by atoms with Gasteiger partial charge < -0.3 is 19.7 Å². The molecular weight excluding hydrogens is 671 g/mol. The van der Waals surface area contributed by atoms with Crippen LogP contribution in [0.3, 0.4) is 0 Å². The molecule has 0 bridgehead atoms. The first kappa shape index (κ1) is 39.3. The number of esters is 1. The summed E-state index contributed by atoms with van der Waals surface area (Å²) in [4.78, 5) is 28.5. The maximum absolute atomic E-state index is 13.3. The van der Waals surface area contributed by atoms with Gasteiger partial charge in [-0.2, -0.15) is 0 Å². The van der Waals surface area contributed by atoms with E-state index in [4.69, 9.17) is 26.6 Å². The third-order valence-corrected chi connectivity index (χ3v) is 9.56. The Balaban J connectivity index is 0.000000219. The molecule has 14 heteroatoms. The molecule has 258 valence electrons. The summed E-state index contributed by atoms with van der Waals surface area (Å²) in [5, 5.41) is 19.3. The van der Waals surface area contributed by atoms with Gasteiger partial charge in [-0.15, -0.1) is 11.6 Å². The van der Waals surface area contributed by atoms with Crippen molar-refractivity contribution in [1.29, 1.82) is 0 Å². The Morgan fingerprint density at radius 2 is 1.43 bits per heavy atom. The summed E-state index contributed by atoms with van der Waals surface area (Å²) in [6.07, 6.45) is 3.00. The number of aliphatic hydroxyl groups excluding tert-OH is 2. The van der Waals surface area contributed by atoms with Crippen LogP contribution in [0, 0.1) is 0 Å². The molecule has 5 rings (SSSR count). The number of alkyl halides is 5. The molecule has 9 nitrogen and oxygen atoms in total. The zero-order valence-electron chi connectivity index (χ0n) is 26.6. The zero-order valence-corrected chi connectivity index (χ0v) is 28.9. The molecule has 1 unspecified atom stereocenters. The molecule has 5 fully saturated rings. The SMILES string of the molecule is COC(=O)[C@@H]1C[C@@H](F)CN1C(=O)OC(C)(C)C.ClCCCBr.OCC12CCCN1C[C@H](F)C2.OC[C@]12CCCN1C[C@H](F)C2. The van der Waals surface area contributed by atoms with E-state index in [-0.39, 0.29) is 37.3 Å². The highest BCUT2D eigenvalue weighted by molar-refractivity contribution is 9.09. The van der Waals surface area contributed by atoms with Crippen LogP contribution in [-0.2, 0) is 14.3 Å². The Morgan fingerprint density at radius 3 is 1.77 bits per heavy atom. The highest BCUT2D eigenvalue weighted by Gasteiger charge is 2.49. The molecule has 5 saturated heterocycles. The Labute approximate surface area is 273 Å². The van der Waals surface area contributed by atoms with Crippen molar-refractivity contribution < 1.29 is 42.4 Å². The van der Waals surface area contributed by atoms with Crippen LogP contribution in [0.5, 0.6) is 0 Å². The van der Waals surface area contributed by atoms with E-state index in [2.05, 4.69) is 30.5 Å². The number of carbonyl (C=O) groups is 2. The molecule has 0 aromatic heterocycles. The first-order chi connectivity index (χ1) is 20.7. The minimum Gasteiger partial charge on any atom is -0.467 e. The van der Waals surface area contributed by atoms with Crippen molar-refractivity contribution in [2.45, 2.75) is 113 Å². The van der Waals surface area contributed by atoms with Crippen LogP contribution in [0.1, 0.15) is 72.1 Å². The lowest BCUT2D eigenvalue weighted by Gasteiger charge is -2.28. The third kappa shape index (κ3) is 10.9. The molecule has 5 aliphatic heterocycles. The lowest BCUT2D eigenvalue weighted by atomic mass is 9.95. The molecule has 0 aromatic rings. The minimum absolute atomic E-state index is 0.0358. The number of aliphatic hydroxyl groups is 2. The number of halogens is 5. The lowest BCUT2D eigenvalue weighted by Crippen LogP contribution is -2.43. The van der Waals surface area contributed by atoms with Gasteiger partial charge in [-0.3, -0.25) is 14.7 Å². The molecule has 1 amide bonds. The van der Waals surface area contributed by atoms with Crippen LogP contribution >= 0.6 is 27.5 Å². The highest BCUT2D eigenvalue weighted by Crippen LogP contribution is 2.40. The molecule has 0 aromatic carbocycles. The molecule has 0 saturated carbocycles. The van der Waals surface area contributed by atoms with Crippen molar-refractivity contribution in [2.75, 3.05) is 64.3 Å². The van der Waals surface area contributed by atoms with E-state index in [0.29, 0.717) is 25.9 Å². The third-order valence-electron chi connectivity index (χ3n) is 8.73. The molecule has 44 heavy (non-hydrogen) atoms. The molecule has 5 aliphatic rings. The van der Waals surface area contributed by atoms with Crippen LogP contribution in [0.25, 0.3) is 0 Å². The summed E-state index contributed by atoms with van der Waals surface area (Å²) < 4.78 is 48.8. The van der Waals surface area contributed by atoms with Gasteiger partial charge in [-0.1, -0.05) is 15.9 Å². The van der Waals surface area contributed by atoms with Gasteiger partial charge in [0.25, 0.3) is 0 Å². The maximum Gasteiger partial charge on any atom is 0.411 e. The second kappa shape index (κ2) is 17.9. The van der Waals surface area contributed by atoms with Crippen LogP contribution in [-0.4, -0.2) is 142 Å². The van der Waals surface area contributed by atoms with E-state index >= 15 is 0 Å². The number of fused-ring (bicyclic) bond motifs is 2. The highest BCUT2D eigenvalue weighted by atomic mass is 79.9. The number of rotatable bonds is 5. The fourth-order valence-electron chi connectivity index (χ4n) is 6.66. The van der Waals surface area contributed by atoms with E-state index in [1.54, 1.807) is 20.8 Å². The number of amides is 1. The first-order valence-electron chi connectivity index (χ1n) is 15.5. The number of likely N-dealkylation sites (tertiary alicyclic amines) is 1. The quantitative estimate of drug-likeness (QED) is 0.313. The summed E-state index contributed by atoms with van der Waals surface area (Å²) in [5.41, 5.74) is -1.01. The Morgan fingerprint density at radius 1 is 0.932 bits per heavy atom. The predicted octanol–water partition coefficient (Wildman–Crippen LogP) is 4.63. The zero-order chi connectivity index (χ0) is 33.1. The topological polar surface area (TPSA) is 103 Å². The number of methoxy groups -OCH3 is 1. The second-order valence-corrected chi connectivity index (χ2v) is 14.4. The Kier molecular flexibility index (Phi) is 16.0. The van der Waals surface area contributed by atoms with Gasteiger partial charge in [-0.25, -0.2) is 22.8 Å². The largest absolute Gasteiger partial charge is 0.467 e. The van der Waals surface area contributed by atoms with Crippen LogP contribution in [0.2, 0.25) is 0 Å². The monoisotopic (exact) mass is 721 g/mol. The summed E-state index contributed by atoms with van der Waals surface area (Å²) in [5.74, 6) is 0.154. The molecular formula is C30H52BrClF3N3O6. The molecule has 2 N–H and O–H groups in total. The number of hydrogen-bond donors (Lipinski definition) is 2. The molecule has 0 aliphatic carbocycles. The average Bonchev–Trinajstić information content (AvgIpc) is 3.75. The number of ether oxygens (including phenoxy) is 2. The van der Waals surface area contributed by atoms with Crippen molar-refractivity contribution >= 4 is 39.6 Å². The van der Waals surface area contributed by atoms with Gasteiger partial charge in [0.1, 0.15) is 30.2 Å². The summed E-state index contributed by atoms with van der Waals surface area (Å²) >= 11 is 8.50. The van der Waals surface area contributed by atoms with E-state index < -0.39 is 42.2 Å². The molecule has 5 heterocycles. The standard InChI is InChI=1S/C11H18FNO4.2C8H14FNO.C3H6BrCl/c1-11(2,3)17-10(15)13-6-7(12)5-8(13)9(14)16-4;2*9-7-4-8(6-11)2-1-3-10(8)5-7;4-2-1-3-5/h7-8H,5-6H2,1-4H3;2*7,11H,1-6H2;1-3H2/t7-,8+;7-,8?;7-,8-;/m111./s1. The van der Waals surface area contributed by atoms with E-state index in [1.807, 2.05) is 0 Å². The van der Waals surface area contributed by atoms with Crippen LogP contribution in [0.4, 0.5) is 18.0 Å². The summed E-state index contributed by atoms with van der Waals surface area (Å²) in [7, 11) is 1.21. The smallest absolute Gasteiger partial charge is 0.411 e. The molecule has 0 spiro atoms. The van der Waals surface area contributed by atoms with Crippen molar-refractivity contribution in [3.63, 3.8) is 0 Å². The van der Waals surface area contributed by atoms with Crippen LogP contribution in [0.15, 0.2) is 0 Å². The lowest BCUT2D eigenvalue weighted by molar-refractivity contribution is -0.145. The number of nitrogens with zero attached hydrogens (tertiary/aromatic N) is 3. The van der Waals surface area contributed by atoms with Gasteiger partial charge in [0.15, 0.2) is 0 Å². The first-order valence-corrected chi connectivity index (χ1v) is 17.2. The van der Waals surface area contributed by atoms with Crippen molar-refractivity contribution in [1.82, 2.24) is 14.7 Å². The van der Waals surface area contributed by atoms with E-state index in [1.165, 1.54) is 7.11 Å². The van der Waals surface area contributed by atoms with E-state index in [9.17, 15) is 22.8 Å². The van der Waals surface area contributed by atoms with Gasteiger partial charge >= 0.3 is 12.1 Å². The predicted molar refractivity (Wildman–Crippen MR) is 168 cm³/mol. The number of carbonyl (C=O) groups excluding carboxylic acids is 2. The number of hydrogen-bond acceptors (Lipinski definition) is 8. The van der Waals surface area contributed by atoms with Gasteiger partial charge in [-0.05, 0) is 66.0 Å². The second-order valence-electron chi connectivity index (χ2n) is 13.2. The maximum atomic E-state index is 13.3. The summed E-state index contributed by atoms with van der Waals surface area (Å²) in [6, 6.07) is -0.884. The fraction of sp³-hybridized carbons (Fsp3) is 0.933. The fourth-order valence-corrected chi connectivity index (χ4v) is 7.39. The van der Waals surface area contributed by atoms with Crippen LogP contribution < -0.4 is 0 Å². The summed E-state index contributed by atoms with van der Waals surface area (Å²) in [6.45, 7) is 8.29. The Hall–Kier alpha value is -0.860. The minimum atomic E-state index is -1.22. The van der Waals surface area contributed by atoms with Crippen molar-refractivity contribution in [2.24, 2.45) is 0 Å². The van der Waals surface area contributed by atoms with Gasteiger partial charge in [0.05, 0.1) is 26.9 Å².